The lowest BCUT2D eigenvalue weighted by Crippen LogP contribution is -2.30. The molecule has 0 fully saturated rings. The highest BCUT2D eigenvalue weighted by atomic mass is 35.5. The summed E-state index contributed by atoms with van der Waals surface area (Å²) in [5.41, 5.74) is 2.51. The van der Waals surface area contributed by atoms with E-state index in [1.807, 2.05) is 24.3 Å². The van der Waals surface area contributed by atoms with Gasteiger partial charge in [0.2, 0.25) is 0 Å². The fourth-order valence-corrected chi connectivity index (χ4v) is 2.67. The number of benzene rings is 2. The molecule has 0 aliphatic rings. The Morgan fingerprint density at radius 1 is 0.947 bits per heavy atom. The van der Waals surface area contributed by atoms with E-state index in [0.29, 0.717) is 6.04 Å². The topological polar surface area (TPSA) is 12.0 Å². The Bertz CT molecular complexity index is 510. The highest BCUT2D eigenvalue weighted by molar-refractivity contribution is 6.31. The zero-order valence-corrected chi connectivity index (χ0v) is 12.2. The van der Waals surface area contributed by atoms with Crippen LogP contribution in [0.4, 0.5) is 0 Å². The van der Waals surface area contributed by atoms with E-state index in [4.69, 9.17) is 11.6 Å². The monoisotopic (exact) mass is 273 g/mol. The first-order chi connectivity index (χ1) is 9.16. The molecule has 0 heterocycles. The predicted octanol–water partition coefficient (Wildman–Crippen LogP) is 4.62. The van der Waals surface area contributed by atoms with Crippen molar-refractivity contribution in [3.63, 3.8) is 0 Å². The summed E-state index contributed by atoms with van der Waals surface area (Å²) in [6, 6.07) is 19.2. The third-order valence-electron chi connectivity index (χ3n) is 3.29. The van der Waals surface area contributed by atoms with Crippen LogP contribution in [-0.2, 0) is 6.42 Å². The van der Waals surface area contributed by atoms with Crippen molar-refractivity contribution in [1.29, 1.82) is 0 Å². The van der Waals surface area contributed by atoms with Gasteiger partial charge >= 0.3 is 0 Å². The van der Waals surface area contributed by atoms with Crippen molar-refractivity contribution in [3.05, 3.63) is 70.7 Å². The van der Waals surface area contributed by atoms with E-state index in [9.17, 15) is 0 Å². The molecule has 2 heteroatoms. The molecule has 0 spiro atoms. The van der Waals surface area contributed by atoms with Gasteiger partial charge in [-0.3, -0.25) is 0 Å². The van der Waals surface area contributed by atoms with Gasteiger partial charge in [0.05, 0.1) is 0 Å². The molecule has 0 saturated carbocycles. The third kappa shape index (κ3) is 4.09. The predicted molar refractivity (Wildman–Crippen MR) is 82.6 cm³/mol. The van der Waals surface area contributed by atoms with Gasteiger partial charge in [0, 0.05) is 17.1 Å². The van der Waals surface area contributed by atoms with Crippen molar-refractivity contribution in [2.24, 2.45) is 0 Å². The van der Waals surface area contributed by atoms with Crippen LogP contribution in [0.2, 0.25) is 5.02 Å². The number of nitrogens with one attached hydrogen (secondary N) is 1. The Labute approximate surface area is 120 Å². The van der Waals surface area contributed by atoms with E-state index in [1.165, 1.54) is 5.56 Å². The van der Waals surface area contributed by atoms with Crippen LogP contribution in [0.3, 0.4) is 0 Å². The minimum Gasteiger partial charge on any atom is -0.307 e. The Morgan fingerprint density at radius 2 is 1.58 bits per heavy atom. The molecule has 2 atom stereocenters. The molecule has 2 aromatic carbocycles. The van der Waals surface area contributed by atoms with Crippen molar-refractivity contribution in [1.82, 2.24) is 5.32 Å². The third-order valence-corrected chi connectivity index (χ3v) is 3.64. The molecular formula is C17H20ClN. The first-order valence-electron chi connectivity index (χ1n) is 6.71. The average molecular weight is 274 g/mol. The minimum absolute atomic E-state index is 0.257. The van der Waals surface area contributed by atoms with Crippen molar-refractivity contribution < 1.29 is 0 Å². The van der Waals surface area contributed by atoms with Crippen molar-refractivity contribution in [3.8, 4) is 0 Å². The normalized spacial score (nSPS) is 14.1. The zero-order chi connectivity index (χ0) is 13.7. The second-order valence-electron chi connectivity index (χ2n) is 5.00. The van der Waals surface area contributed by atoms with Gasteiger partial charge in [-0.15, -0.1) is 0 Å². The summed E-state index contributed by atoms with van der Waals surface area (Å²) in [5.74, 6) is 0. The molecule has 0 aliphatic heterocycles. The fourth-order valence-electron chi connectivity index (χ4n) is 2.37. The number of hydrogen-bond acceptors (Lipinski definition) is 1. The second-order valence-corrected chi connectivity index (χ2v) is 5.41. The van der Waals surface area contributed by atoms with Gasteiger partial charge in [-0.05, 0) is 37.5 Å². The highest BCUT2D eigenvalue weighted by Gasteiger charge is 2.12. The van der Waals surface area contributed by atoms with Gasteiger partial charge in [0.1, 0.15) is 0 Å². The lowest BCUT2D eigenvalue weighted by Gasteiger charge is -2.21. The van der Waals surface area contributed by atoms with Gasteiger partial charge in [0.25, 0.3) is 0 Å². The molecule has 0 radical (unpaired) electrons. The van der Waals surface area contributed by atoms with Gasteiger partial charge in [-0.1, -0.05) is 60.1 Å². The van der Waals surface area contributed by atoms with Crippen molar-refractivity contribution in [2.75, 3.05) is 0 Å². The molecule has 2 rings (SSSR count). The standard InChI is InChI=1S/C17H20ClN/c1-13(12-15-8-4-3-5-9-15)19-14(2)16-10-6-7-11-17(16)18/h3-11,13-14,19H,12H2,1-2H3/t13?,14-/m1/s1. The molecule has 1 N–H and O–H groups in total. The summed E-state index contributed by atoms with van der Waals surface area (Å²) in [4.78, 5) is 0. The van der Waals surface area contributed by atoms with Crippen LogP contribution in [0.15, 0.2) is 54.6 Å². The molecule has 2 aromatic rings. The largest absolute Gasteiger partial charge is 0.307 e. The number of rotatable bonds is 5. The van der Waals surface area contributed by atoms with Crippen LogP contribution >= 0.6 is 11.6 Å². The lowest BCUT2D eigenvalue weighted by molar-refractivity contribution is 0.477. The summed E-state index contributed by atoms with van der Waals surface area (Å²) < 4.78 is 0. The van der Waals surface area contributed by atoms with Gasteiger partial charge in [0.15, 0.2) is 0 Å². The molecular weight excluding hydrogens is 254 g/mol. The average Bonchev–Trinajstić information content (AvgIpc) is 2.40. The summed E-state index contributed by atoms with van der Waals surface area (Å²) in [5, 5.41) is 4.43. The molecule has 0 aliphatic carbocycles. The zero-order valence-electron chi connectivity index (χ0n) is 11.4. The Morgan fingerprint density at radius 3 is 2.26 bits per heavy atom. The van der Waals surface area contributed by atoms with Crippen LogP contribution < -0.4 is 5.32 Å². The molecule has 1 unspecified atom stereocenters. The smallest absolute Gasteiger partial charge is 0.0453 e. The quantitative estimate of drug-likeness (QED) is 0.838. The molecule has 0 amide bonds. The van der Waals surface area contributed by atoms with Crippen LogP contribution in [0.25, 0.3) is 0 Å². The van der Waals surface area contributed by atoms with Crippen LogP contribution in [0.5, 0.6) is 0 Å². The lowest BCUT2D eigenvalue weighted by atomic mass is 10.0. The Hall–Kier alpha value is -1.31. The maximum Gasteiger partial charge on any atom is 0.0453 e. The van der Waals surface area contributed by atoms with Crippen molar-refractivity contribution in [2.45, 2.75) is 32.4 Å². The van der Waals surface area contributed by atoms with E-state index in [1.54, 1.807) is 0 Å². The Balaban J connectivity index is 1.96. The maximum atomic E-state index is 6.22. The molecule has 19 heavy (non-hydrogen) atoms. The van der Waals surface area contributed by atoms with E-state index in [2.05, 4.69) is 49.5 Å². The summed E-state index contributed by atoms with van der Waals surface area (Å²) in [7, 11) is 0. The Kier molecular flexibility index (Phi) is 5.00. The summed E-state index contributed by atoms with van der Waals surface area (Å²) in [6.45, 7) is 4.36. The van der Waals surface area contributed by atoms with E-state index in [-0.39, 0.29) is 6.04 Å². The number of hydrogen-bond donors (Lipinski definition) is 1. The first-order valence-corrected chi connectivity index (χ1v) is 7.09. The van der Waals surface area contributed by atoms with Gasteiger partial charge in [-0.25, -0.2) is 0 Å². The molecule has 0 saturated heterocycles. The first kappa shape index (κ1) is 14.1. The highest BCUT2D eigenvalue weighted by Crippen LogP contribution is 2.22. The van der Waals surface area contributed by atoms with E-state index >= 15 is 0 Å². The molecule has 0 bridgehead atoms. The fraction of sp³-hybridized carbons (Fsp3) is 0.294. The van der Waals surface area contributed by atoms with Crippen LogP contribution in [-0.4, -0.2) is 6.04 Å². The van der Waals surface area contributed by atoms with Crippen LogP contribution in [0, 0.1) is 0 Å². The van der Waals surface area contributed by atoms with Gasteiger partial charge in [-0.2, -0.15) is 0 Å². The van der Waals surface area contributed by atoms with Crippen molar-refractivity contribution >= 4 is 11.6 Å². The SMILES string of the molecule is CC(Cc1ccccc1)N[C@H](C)c1ccccc1Cl. The summed E-state index contributed by atoms with van der Waals surface area (Å²) >= 11 is 6.22. The number of halogens is 1. The summed E-state index contributed by atoms with van der Waals surface area (Å²) in [6.07, 6.45) is 1.02. The van der Waals surface area contributed by atoms with E-state index in [0.717, 1.165) is 17.0 Å². The maximum absolute atomic E-state index is 6.22. The minimum atomic E-state index is 0.257. The van der Waals surface area contributed by atoms with Gasteiger partial charge < -0.3 is 5.32 Å². The van der Waals surface area contributed by atoms with Crippen LogP contribution in [0.1, 0.15) is 31.0 Å². The van der Waals surface area contributed by atoms with E-state index < -0.39 is 0 Å². The molecule has 1 nitrogen and oxygen atoms in total. The second kappa shape index (κ2) is 6.74. The molecule has 100 valence electrons. The molecule has 0 aromatic heterocycles.